The second-order valence-electron chi connectivity index (χ2n) is 9.79. The van der Waals surface area contributed by atoms with Crippen molar-refractivity contribution in [1.29, 1.82) is 0 Å². The first kappa shape index (κ1) is 20.8. The summed E-state index contributed by atoms with van der Waals surface area (Å²) in [5.74, 6) is 1.91. The average molecular weight is 436 g/mol. The number of amides is 3. The van der Waals surface area contributed by atoms with Crippen LogP contribution in [0.25, 0.3) is 0 Å². The van der Waals surface area contributed by atoms with Gasteiger partial charge >= 0.3 is 0 Å². The van der Waals surface area contributed by atoms with Crippen molar-refractivity contribution in [3.8, 4) is 0 Å². The van der Waals surface area contributed by atoms with Crippen LogP contribution in [0.3, 0.4) is 0 Å². The number of hydrogen-bond acceptors (Lipinski definition) is 4. The second-order valence-corrected chi connectivity index (χ2v) is 9.79. The van der Waals surface area contributed by atoms with Gasteiger partial charge in [0.2, 0.25) is 11.8 Å². The maximum atomic E-state index is 13.0. The van der Waals surface area contributed by atoms with Crippen molar-refractivity contribution in [3.63, 3.8) is 0 Å². The third-order valence-electron chi connectivity index (χ3n) is 7.38. The number of hydrogen-bond donors (Lipinski definition) is 3. The van der Waals surface area contributed by atoms with Crippen molar-refractivity contribution in [2.75, 3.05) is 11.9 Å². The molecule has 7 heteroatoms. The van der Waals surface area contributed by atoms with E-state index in [1.165, 1.54) is 25.5 Å². The molecule has 4 bridgehead atoms. The van der Waals surface area contributed by atoms with E-state index in [9.17, 15) is 14.4 Å². The highest BCUT2D eigenvalue weighted by molar-refractivity contribution is 6.02. The largest absolute Gasteiger partial charge is 0.459 e. The highest BCUT2D eigenvalue weighted by atomic mass is 16.3. The number of nitrogens with one attached hydrogen (secondary N) is 3. The van der Waals surface area contributed by atoms with E-state index in [0.717, 1.165) is 24.8 Å². The smallest absolute Gasteiger partial charge is 0.291 e. The maximum Gasteiger partial charge on any atom is 0.291 e. The normalized spacial score (nSPS) is 27.7. The lowest BCUT2D eigenvalue weighted by Gasteiger charge is -2.55. The minimum Gasteiger partial charge on any atom is -0.459 e. The van der Waals surface area contributed by atoms with Crippen molar-refractivity contribution in [2.45, 2.75) is 45.1 Å². The molecule has 0 spiro atoms. The van der Waals surface area contributed by atoms with Crippen LogP contribution in [0.2, 0.25) is 0 Å². The molecular weight excluding hydrogens is 406 g/mol. The minimum atomic E-state index is -0.314. The van der Waals surface area contributed by atoms with Crippen LogP contribution in [0.4, 0.5) is 5.69 Å². The Balaban J connectivity index is 1.07. The summed E-state index contributed by atoms with van der Waals surface area (Å²) >= 11 is 0. The Morgan fingerprint density at radius 1 is 0.906 bits per heavy atom. The van der Waals surface area contributed by atoms with Gasteiger partial charge in [0.05, 0.1) is 12.8 Å². The molecule has 1 heterocycles. The van der Waals surface area contributed by atoms with Gasteiger partial charge in [-0.05, 0) is 86.1 Å². The number of rotatable bonds is 7. The second kappa shape index (κ2) is 8.45. The fraction of sp³-hybridized carbons (Fsp3) is 0.480. The lowest BCUT2D eigenvalue weighted by atomic mass is 9.49. The third-order valence-corrected chi connectivity index (χ3v) is 7.38. The molecule has 0 atom stereocenters. The number of carbonyl (C=O) groups is 3. The summed E-state index contributed by atoms with van der Waals surface area (Å²) in [6, 6.07) is 10.5. The Labute approximate surface area is 187 Å². The number of carbonyl (C=O) groups excluding carboxylic acids is 3. The van der Waals surface area contributed by atoms with E-state index in [1.54, 1.807) is 24.3 Å². The Kier molecular flexibility index (Phi) is 5.49. The quantitative estimate of drug-likeness (QED) is 0.620. The molecule has 1 aromatic carbocycles. The van der Waals surface area contributed by atoms with Crippen molar-refractivity contribution >= 4 is 23.4 Å². The molecule has 4 aliphatic rings. The molecular formula is C25H29N3O4. The first-order chi connectivity index (χ1) is 15.5. The van der Waals surface area contributed by atoms with Gasteiger partial charge < -0.3 is 20.4 Å². The fourth-order valence-corrected chi connectivity index (χ4v) is 6.31. The highest BCUT2D eigenvalue weighted by Crippen LogP contribution is 2.60. The zero-order valence-electron chi connectivity index (χ0n) is 18.1. The Morgan fingerprint density at radius 3 is 2.16 bits per heavy atom. The van der Waals surface area contributed by atoms with Gasteiger partial charge in [0.1, 0.15) is 0 Å². The minimum absolute atomic E-state index is 0.0118. The molecule has 3 amide bonds. The SMILES string of the molecule is O=C(CNC(=O)C12CC3CC(CC(C3)C1)C2)NCc1ccc(NC(=O)c2ccco2)cc1. The summed E-state index contributed by atoms with van der Waals surface area (Å²) in [5.41, 5.74) is 1.32. The van der Waals surface area contributed by atoms with E-state index in [-0.39, 0.29) is 35.4 Å². The lowest BCUT2D eigenvalue weighted by molar-refractivity contribution is -0.147. The molecule has 3 N–H and O–H groups in total. The van der Waals surface area contributed by atoms with Gasteiger partial charge in [0.15, 0.2) is 5.76 Å². The van der Waals surface area contributed by atoms with E-state index in [0.29, 0.717) is 30.0 Å². The maximum absolute atomic E-state index is 13.0. The third kappa shape index (κ3) is 4.29. The van der Waals surface area contributed by atoms with Crippen LogP contribution in [-0.4, -0.2) is 24.3 Å². The van der Waals surface area contributed by atoms with Gasteiger partial charge in [0, 0.05) is 17.6 Å². The van der Waals surface area contributed by atoms with Gasteiger partial charge in [-0.1, -0.05) is 12.1 Å². The van der Waals surface area contributed by atoms with Crippen LogP contribution in [0, 0.1) is 23.2 Å². The molecule has 4 saturated carbocycles. The average Bonchev–Trinajstić information content (AvgIpc) is 3.31. The van der Waals surface area contributed by atoms with Crippen LogP contribution in [0.15, 0.2) is 47.1 Å². The first-order valence-electron chi connectivity index (χ1n) is 11.5. The standard InChI is InChI=1S/C25H29N3O4/c29-22(15-27-24(31)25-11-17-8-18(12-25)10-19(9-17)13-25)26-14-16-3-5-20(6-4-16)28-23(30)21-2-1-7-32-21/h1-7,17-19H,8-15H2,(H,26,29)(H,27,31)(H,28,30). The lowest BCUT2D eigenvalue weighted by Crippen LogP contribution is -2.54. The van der Waals surface area contributed by atoms with Gasteiger partial charge in [-0.25, -0.2) is 0 Å². The van der Waals surface area contributed by atoms with Crippen LogP contribution in [-0.2, 0) is 16.1 Å². The molecule has 0 unspecified atom stereocenters. The fourth-order valence-electron chi connectivity index (χ4n) is 6.31. The van der Waals surface area contributed by atoms with Crippen LogP contribution in [0.1, 0.15) is 54.6 Å². The summed E-state index contributed by atoms with van der Waals surface area (Å²) in [7, 11) is 0. The Bertz CT molecular complexity index is 961. The topological polar surface area (TPSA) is 100 Å². The molecule has 0 saturated heterocycles. The molecule has 2 aromatic rings. The molecule has 6 rings (SSSR count). The highest BCUT2D eigenvalue weighted by Gasteiger charge is 2.54. The summed E-state index contributed by atoms with van der Waals surface area (Å²) in [5, 5.41) is 8.52. The molecule has 168 valence electrons. The van der Waals surface area contributed by atoms with E-state index in [1.807, 2.05) is 12.1 Å². The monoisotopic (exact) mass is 435 g/mol. The molecule has 0 aliphatic heterocycles. The van der Waals surface area contributed by atoms with Crippen molar-refractivity contribution < 1.29 is 18.8 Å². The van der Waals surface area contributed by atoms with E-state index in [2.05, 4.69) is 16.0 Å². The van der Waals surface area contributed by atoms with Crippen molar-refractivity contribution in [1.82, 2.24) is 10.6 Å². The van der Waals surface area contributed by atoms with Gasteiger partial charge in [0.25, 0.3) is 5.91 Å². The number of anilines is 1. The Hall–Kier alpha value is -3.09. The predicted octanol–water partition coefficient (Wildman–Crippen LogP) is 3.48. The summed E-state index contributed by atoms with van der Waals surface area (Å²) in [6.45, 7) is 0.371. The summed E-state index contributed by atoms with van der Waals surface area (Å²) in [4.78, 5) is 37.3. The zero-order chi connectivity index (χ0) is 22.1. The molecule has 1 aromatic heterocycles. The summed E-state index contributed by atoms with van der Waals surface area (Å²) in [6.07, 6.45) is 8.31. The molecule has 0 radical (unpaired) electrons. The number of benzene rings is 1. The van der Waals surface area contributed by atoms with Gasteiger partial charge in [-0.3, -0.25) is 14.4 Å². The predicted molar refractivity (Wildman–Crippen MR) is 119 cm³/mol. The van der Waals surface area contributed by atoms with Crippen LogP contribution >= 0.6 is 0 Å². The Morgan fingerprint density at radius 2 is 1.56 bits per heavy atom. The van der Waals surface area contributed by atoms with E-state index >= 15 is 0 Å². The molecule has 32 heavy (non-hydrogen) atoms. The van der Waals surface area contributed by atoms with Crippen LogP contribution < -0.4 is 16.0 Å². The number of furan rings is 1. The zero-order valence-corrected chi connectivity index (χ0v) is 18.1. The van der Waals surface area contributed by atoms with E-state index < -0.39 is 0 Å². The first-order valence-corrected chi connectivity index (χ1v) is 11.5. The van der Waals surface area contributed by atoms with Crippen molar-refractivity contribution in [3.05, 3.63) is 54.0 Å². The molecule has 4 aliphatic carbocycles. The van der Waals surface area contributed by atoms with Gasteiger partial charge in [-0.15, -0.1) is 0 Å². The molecule has 7 nitrogen and oxygen atoms in total. The van der Waals surface area contributed by atoms with Crippen LogP contribution in [0.5, 0.6) is 0 Å². The summed E-state index contributed by atoms with van der Waals surface area (Å²) < 4.78 is 5.07. The van der Waals surface area contributed by atoms with Crippen molar-refractivity contribution in [2.24, 2.45) is 23.2 Å². The van der Waals surface area contributed by atoms with Gasteiger partial charge in [-0.2, -0.15) is 0 Å². The van der Waals surface area contributed by atoms with E-state index in [4.69, 9.17) is 4.42 Å². The molecule has 4 fully saturated rings.